The Kier molecular flexibility index (Phi) is 8.99. The van der Waals surface area contributed by atoms with Gasteiger partial charge in [0, 0.05) is 38.6 Å². The second-order valence-corrected chi connectivity index (χ2v) is 8.84. The number of amides is 2. The predicted molar refractivity (Wildman–Crippen MR) is 107 cm³/mol. The maximum absolute atomic E-state index is 12.9. The summed E-state index contributed by atoms with van der Waals surface area (Å²) in [7, 11) is -3.77. The third-order valence-electron chi connectivity index (χ3n) is 4.66. The van der Waals surface area contributed by atoms with Crippen molar-refractivity contribution in [2.45, 2.75) is 43.5 Å². The molecule has 1 heterocycles. The maximum atomic E-state index is 12.9. The Morgan fingerprint density at radius 3 is 2.38 bits per heavy atom. The van der Waals surface area contributed by atoms with E-state index in [2.05, 4.69) is 20.3 Å². The van der Waals surface area contributed by atoms with Gasteiger partial charge in [0.2, 0.25) is 21.8 Å². The Labute approximate surface area is 171 Å². The van der Waals surface area contributed by atoms with Crippen LogP contribution in [-0.4, -0.2) is 63.9 Å². The van der Waals surface area contributed by atoms with E-state index in [4.69, 9.17) is 0 Å². The van der Waals surface area contributed by atoms with Crippen LogP contribution in [0, 0.1) is 5.82 Å². The fourth-order valence-corrected chi connectivity index (χ4v) is 4.09. The molecule has 1 aromatic carbocycles. The second kappa shape index (κ2) is 11.2. The summed E-state index contributed by atoms with van der Waals surface area (Å²) < 4.78 is 39.4. The molecule has 0 atom stereocenters. The number of halogens is 1. The van der Waals surface area contributed by atoms with Crippen molar-refractivity contribution in [3.8, 4) is 0 Å². The molecule has 29 heavy (non-hydrogen) atoms. The van der Waals surface area contributed by atoms with Crippen LogP contribution in [0.1, 0.15) is 32.6 Å². The Balaban J connectivity index is 1.66. The Hall–Kier alpha value is -2.04. The highest BCUT2D eigenvalue weighted by atomic mass is 32.2. The summed E-state index contributed by atoms with van der Waals surface area (Å²) in [6.07, 6.45) is 2.40. The maximum Gasteiger partial charge on any atom is 0.240 e. The molecule has 1 aliphatic rings. The Bertz CT molecular complexity index is 778. The zero-order chi connectivity index (χ0) is 21.3. The molecular formula is C19H29FN4O4S. The normalized spacial score (nSPS) is 15.8. The highest BCUT2D eigenvalue weighted by molar-refractivity contribution is 7.89. The zero-order valence-electron chi connectivity index (χ0n) is 16.6. The van der Waals surface area contributed by atoms with Crippen LogP contribution in [0.3, 0.4) is 0 Å². The van der Waals surface area contributed by atoms with Gasteiger partial charge in [0.15, 0.2) is 0 Å². The van der Waals surface area contributed by atoms with Gasteiger partial charge in [-0.05, 0) is 43.5 Å². The van der Waals surface area contributed by atoms with Crippen molar-refractivity contribution in [1.29, 1.82) is 0 Å². The summed E-state index contributed by atoms with van der Waals surface area (Å²) in [6.45, 7) is 4.45. The smallest absolute Gasteiger partial charge is 0.240 e. The lowest BCUT2D eigenvalue weighted by atomic mass is 10.0. The summed E-state index contributed by atoms with van der Waals surface area (Å²) in [5.41, 5.74) is 0. The predicted octanol–water partition coefficient (Wildman–Crippen LogP) is 0.601. The first-order valence-electron chi connectivity index (χ1n) is 9.84. The van der Waals surface area contributed by atoms with E-state index in [0.29, 0.717) is 13.1 Å². The highest BCUT2D eigenvalue weighted by Gasteiger charge is 2.22. The average molecular weight is 429 g/mol. The van der Waals surface area contributed by atoms with Crippen molar-refractivity contribution in [1.82, 2.24) is 20.3 Å². The van der Waals surface area contributed by atoms with E-state index in [0.717, 1.165) is 44.5 Å². The lowest BCUT2D eigenvalue weighted by molar-refractivity contribution is -0.124. The van der Waals surface area contributed by atoms with E-state index in [1.54, 1.807) is 0 Å². The third kappa shape index (κ3) is 8.08. The number of carbonyl (C=O) groups excluding carboxylic acids is 2. The molecule has 1 saturated heterocycles. The first-order valence-corrected chi connectivity index (χ1v) is 11.3. The van der Waals surface area contributed by atoms with Crippen LogP contribution in [0.15, 0.2) is 29.2 Å². The largest absolute Gasteiger partial charge is 0.355 e. The number of nitrogens with zero attached hydrogens (tertiary/aromatic N) is 1. The van der Waals surface area contributed by atoms with Gasteiger partial charge in [0.25, 0.3) is 0 Å². The van der Waals surface area contributed by atoms with Gasteiger partial charge in [-0.1, -0.05) is 6.92 Å². The number of benzene rings is 1. The Morgan fingerprint density at radius 1 is 1.10 bits per heavy atom. The van der Waals surface area contributed by atoms with E-state index in [-0.39, 0.29) is 35.7 Å². The van der Waals surface area contributed by atoms with Crippen LogP contribution in [0.25, 0.3) is 0 Å². The van der Waals surface area contributed by atoms with E-state index in [1.165, 1.54) is 12.1 Å². The molecule has 10 heteroatoms. The minimum atomic E-state index is -3.77. The molecule has 0 aromatic heterocycles. The van der Waals surface area contributed by atoms with Crippen molar-refractivity contribution in [3.05, 3.63) is 30.1 Å². The van der Waals surface area contributed by atoms with Crippen LogP contribution < -0.4 is 15.4 Å². The average Bonchev–Trinajstić information content (AvgIpc) is 2.68. The van der Waals surface area contributed by atoms with Crippen LogP contribution >= 0.6 is 0 Å². The monoisotopic (exact) mass is 428 g/mol. The van der Waals surface area contributed by atoms with Gasteiger partial charge in [-0.15, -0.1) is 0 Å². The number of hydrogen-bond donors (Lipinski definition) is 3. The van der Waals surface area contributed by atoms with Gasteiger partial charge >= 0.3 is 0 Å². The minimum absolute atomic E-state index is 0.0140. The number of sulfonamides is 1. The quantitative estimate of drug-likeness (QED) is 0.506. The number of nitrogens with one attached hydrogen (secondary N) is 3. The molecule has 0 bridgehead atoms. The van der Waals surface area contributed by atoms with E-state index >= 15 is 0 Å². The molecule has 0 unspecified atom stereocenters. The third-order valence-corrected chi connectivity index (χ3v) is 6.14. The molecule has 3 N–H and O–H groups in total. The SMILES string of the molecule is CCCNC(=O)CN1CCC(NC(=O)CCNS(=O)(=O)c2ccc(F)cc2)CC1. The number of rotatable bonds is 10. The molecule has 1 aromatic rings. The molecule has 0 aliphatic carbocycles. The molecular weight excluding hydrogens is 399 g/mol. The number of likely N-dealkylation sites (tertiary alicyclic amines) is 1. The van der Waals surface area contributed by atoms with Crippen LogP contribution in [0.2, 0.25) is 0 Å². The van der Waals surface area contributed by atoms with Gasteiger partial charge in [0.1, 0.15) is 5.82 Å². The molecule has 0 saturated carbocycles. The minimum Gasteiger partial charge on any atom is -0.355 e. The topological polar surface area (TPSA) is 108 Å². The fraction of sp³-hybridized carbons (Fsp3) is 0.579. The number of piperidine rings is 1. The van der Waals surface area contributed by atoms with Crippen molar-refractivity contribution in [3.63, 3.8) is 0 Å². The molecule has 8 nitrogen and oxygen atoms in total. The molecule has 1 fully saturated rings. The summed E-state index contributed by atoms with van der Waals surface area (Å²) in [4.78, 5) is 25.8. The highest BCUT2D eigenvalue weighted by Crippen LogP contribution is 2.11. The van der Waals surface area contributed by atoms with E-state index in [1.807, 2.05) is 6.92 Å². The standard InChI is InChI=1S/C19H29FN4O4S/c1-2-10-21-19(26)14-24-12-8-16(9-13-24)23-18(25)7-11-22-29(27,28)17-5-3-15(20)4-6-17/h3-6,16,22H,2,7-14H2,1H3,(H,21,26)(H,23,25). The van der Waals surface area contributed by atoms with Crippen molar-refractivity contribution >= 4 is 21.8 Å². The van der Waals surface area contributed by atoms with Crippen LogP contribution in [0.4, 0.5) is 4.39 Å². The zero-order valence-corrected chi connectivity index (χ0v) is 17.4. The molecule has 162 valence electrons. The molecule has 2 rings (SSSR count). The van der Waals surface area contributed by atoms with Crippen molar-refractivity contribution < 1.29 is 22.4 Å². The molecule has 2 amide bonds. The van der Waals surface area contributed by atoms with Gasteiger partial charge in [-0.25, -0.2) is 17.5 Å². The summed E-state index contributed by atoms with van der Waals surface area (Å²) in [5.74, 6) is -0.732. The van der Waals surface area contributed by atoms with Crippen molar-refractivity contribution in [2.75, 3.05) is 32.7 Å². The first kappa shape index (κ1) is 23.2. The lowest BCUT2D eigenvalue weighted by Gasteiger charge is -2.31. The van der Waals surface area contributed by atoms with E-state index < -0.39 is 15.8 Å². The Morgan fingerprint density at radius 2 is 1.76 bits per heavy atom. The fourth-order valence-electron chi connectivity index (χ4n) is 3.05. The van der Waals surface area contributed by atoms with Crippen molar-refractivity contribution in [2.24, 2.45) is 0 Å². The van der Waals surface area contributed by atoms with Gasteiger partial charge in [-0.2, -0.15) is 0 Å². The molecule has 0 radical (unpaired) electrons. The first-order chi connectivity index (χ1) is 13.8. The van der Waals surface area contributed by atoms with Gasteiger partial charge in [0.05, 0.1) is 11.4 Å². The molecule has 1 aliphatic heterocycles. The summed E-state index contributed by atoms with van der Waals surface area (Å²) >= 11 is 0. The van der Waals surface area contributed by atoms with Gasteiger partial charge in [-0.3, -0.25) is 14.5 Å². The van der Waals surface area contributed by atoms with Crippen LogP contribution in [0.5, 0.6) is 0 Å². The van der Waals surface area contributed by atoms with E-state index in [9.17, 15) is 22.4 Å². The summed E-state index contributed by atoms with van der Waals surface area (Å²) in [6, 6.07) is 4.51. The van der Waals surface area contributed by atoms with Gasteiger partial charge < -0.3 is 10.6 Å². The lowest BCUT2D eigenvalue weighted by Crippen LogP contribution is -2.47. The number of carbonyl (C=O) groups is 2. The number of hydrogen-bond acceptors (Lipinski definition) is 5. The molecule has 0 spiro atoms. The second-order valence-electron chi connectivity index (χ2n) is 7.07. The summed E-state index contributed by atoms with van der Waals surface area (Å²) in [5, 5.41) is 5.76. The van der Waals surface area contributed by atoms with Crippen LogP contribution in [-0.2, 0) is 19.6 Å².